The van der Waals surface area contributed by atoms with Crippen molar-refractivity contribution in [2.75, 3.05) is 7.11 Å². The maximum atomic E-state index is 10.6. The third kappa shape index (κ3) is 1.82. The number of rotatable bonds is 4. The number of ether oxygens (including phenoxy) is 1. The Labute approximate surface area is 90.4 Å². The second-order valence-electron chi connectivity index (χ2n) is 3.09. The van der Waals surface area contributed by atoms with Crippen LogP contribution in [0.3, 0.4) is 0 Å². The van der Waals surface area contributed by atoms with E-state index in [0.29, 0.717) is 12.4 Å². The molecule has 0 amide bonds. The first-order chi connectivity index (χ1) is 7.72. The van der Waals surface area contributed by atoms with E-state index in [2.05, 4.69) is 5.16 Å². The number of nitrogens with zero attached hydrogens (tertiary/aromatic N) is 1. The average Bonchev–Trinajstić information content (AvgIpc) is 2.84. The van der Waals surface area contributed by atoms with Crippen LogP contribution in [0.1, 0.15) is 16.1 Å². The van der Waals surface area contributed by atoms with Crippen LogP contribution in [0.25, 0.3) is 11.5 Å². The van der Waals surface area contributed by atoms with Gasteiger partial charge < -0.3 is 18.8 Å². The molecule has 6 heteroatoms. The van der Waals surface area contributed by atoms with Gasteiger partial charge in [0.05, 0.1) is 12.9 Å². The van der Waals surface area contributed by atoms with Crippen LogP contribution in [-0.2, 0) is 11.3 Å². The lowest BCUT2D eigenvalue weighted by molar-refractivity contribution is 0.0686. The highest BCUT2D eigenvalue weighted by Crippen LogP contribution is 2.26. The summed E-state index contributed by atoms with van der Waals surface area (Å²) in [5.41, 5.74) is 0.616. The van der Waals surface area contributed by atoms with E-state index in [9.17, 15) is 4.79 Å². The molecule has 16 heavy (non-hydrogen) atoms. The topological polar surface area (TPSA) is 85.7 Å². The predicted octanol–water partition coefficient (Wildman–Crippen LogP) is 1.78. The van der Waals surface area contributed by atoms with Crippen molar-refractivity contribution in [2.24, 2.45) is 0 Å². The maximum absolute atomic E-state index is 10.6. The number of furan rings is 1. The first-order valence-electron chi connectivity index (χ1n) is 4.48. The van der Waals surface area contributed by atoms with Gasteiger partial charge in [0.15, 0.2) is 11.5 Å². The van der Waals surface area contributed by atoms with E-state index in [1.807, 2.05) is 0 Å². The minimum Gasteiger partial charge on any atom is -0.476 e. The number of carboxylic acids is 1. The van der Waals surface area contributed by atoms with Crippen molar-refractivity contribution < 1.29 is 23.6 Å². The number of hydrogen-bond donors (Lipinski definition) is 1. The van der Waals surface area contributed by atoms with Crippen molar-refractivity contribution in [3.05, 3.63) is 29.7 Å². The van der Waals surface area contributed by atoms with E-state index in [4.69, 9.17) is 18.8 Å². The van der Waals surface area contributed by atoms with Gasteiger partial charge in [-0.2, -0.15) is 0 Å². The molecule has 0 saturated carbocycles. The van der Waals surface area contributed by atoms with Crippen molar-refractivity contribution in [2.45, 2.75) is 6.61 Å². The molecule has 0 aliphatic rings. The summed E-state index contributed by atoms with van der Waals surface area (Å²) in [6, 6.07) is 3.03. The number of aromatic carboxylic acids is 1. The fourth-order valence-electron chi connectivity index (χ4n) is 1.30. The Morgan fingerprint density at radius 2 is 2.44 bits per heavy atom. The van der Waals surface area contributed by atoms with Gasteiger partial charge in [0.2, 0.25) is 5.76 Å². The van der Waals surface area contributed by atoms with E-state index in [1.54, 1.807) is 13.2 Å². The summed E-state index contributed by atoms with van der Waals surface area (Å²) in [5, 5.41) is 12.1. The lowest BCUT2D eigenvalue weighted by Crippen LogP contribution is -1.94. The average molecular weight is 223 g/mol. The second-order valence-corrected chi connectivity index (χ2v) is 3.09. The van der Waals surface area contributed by atoms with Gasteiger partial charge in [0.25, 0.3) is 0 Å². The monoisotopic (exact) mass is 223 g/mol. The van der Waals surface area contributed by atoms with Crippen LogP contribution in [0.2, 0.25) is 0 Å². The molecular formula is C10H9NO5. The van der Waals surface area contributed by atoms with Crippen LogP contribution in [0, 0.1) is 0 Å². The highest BCUT2D eigenvalue weighted by molar-refractivity contribution is 5.86. The molecule has 0 atom stereocenters. The molecule has 0 spiro atoms. The first kappa shape index (κ1) is 10.4. The number of aromatic nitrogens is 1. The summed E-state index contributed by atoms with van der Waals surface area (Å²) in [6.45, 7) is 0.356. The number of carbonyl (C=O) groups is 1. The van der Waals surface area contributed by atoms with Crippen LogP contribution in [0.5, 0.6) is 0 Å². The standard InChI is InChI=1S/C10H9NO5/c1-14-5-6-2-3-15-9(6)8-4-7(10(12)13)11-16-8/h2-4H,5H2,1H3,(H,12,13). The Morgan fingerprint density at radius 1 is 1.62 bits per heavy atom. The first-order valence-corrected chi connectivity index (χ1v) is 4.48. The largest absolute Gasteiger partial charge is 0.476 e. The molecule has 0 fully saturated rings. The minimum absolute atomic E-state index is 0.158. The lowest BCUT2D eigenvalue weighted by Gasteiger charge is -1.96. The van der Waals surface area contributed by atoms with Gasteiger partial charge in [-0.3, -0.25) is 0 Å². The predicted molar refractivity (Wildman–Crippen MR) is 51.9 cm³/mol. The van der Waals surface area contributed by atoms with Gasteiger partial charge in [-0.15, -0.1) is 0 Å². The molecule has 1 N–H and O–H groups in total. The van der Waals surface area contributed by atoms with Crippen molar-refractivity contribution >= 4 is 5.97 Å². The third-order valence-electron chi connectivity index (χ3n) is 2.00. The SMILES string of the molecule is COCc1ccoc1-c1cc(C(=O)O)no1. The fraction of sp³-hybridized carbons (Fsp3) is 0.200. The van der Waals surface area contributed by atoms with Crippen LogP contribution in [0.15, 0.2) is 27.3 Å². The number of hydrogen-bond acceptors (Lipinski definition) is 5. The smallest absolute Gasteiger partial charge is 0.358 e. The molecule has 0 aromatic carbocycles. The number of carboxylic acid groups (broad SMARTS) is 1. The third-order valence-corrected chi connectivity index (χ3v) is 2.00. The number of methoxy groups -OCH3 is 1. The quantitative estimate of drug-likeness (QED) is 0.850. The molecule has 6 nitrogen and oxygen atoms in total. The van der Waals surface area contributed by atoms with Crippen LogP contribution in [0.4, 0.5) is 0 Å². The van der Waals surface area contributed by atoms with Gasteiger partial charge in [-0.05, 0) is 6.07 Å². The molecule has 0 aliphatic carbocycles. The van der Waals surface area contributed by atoms with E-state index < -0.39 is 5.97 Å². The maximum Gasteiger partial charge on any atom is 0.358 e. The highest BCUT2D eigenvalue weighted by Gasteiger charge is 2.17. The Hall–Kier alpha value is -2.08. The van der Waals surface area contributed by atoms with Gasteiger partial charge >= 0.3 is 5.97 Å². The summed E-state index contributed by atoms with van der Waals surface area (Å²) in [5.74, 6) is -0.439. The zero-order chi connectivity index (χ0) is 11.5. The summed E-state index contributed by atoms with van der Waals surface area (Å²) in [4.78, 5) is 10.6. The molecular weight excluding hydrogens is 214 g/mol. The van der Waals surface area contributed by atoms with Crippen molar-refractivity contribution in [3.63, 3.8) is 0 Å². The summed E-state index contributed by atoms with van der Waals surface area (Å²) < 4.78 is 15.0. The molecule has 2 heterocycles. The molecule has 0 radical (unpaired) electrons. The molecule has 2 aromatic heterocycles. The van der Waals surface area contributed by atoms with Crippen LogP contribution >= 0.6 is 0 Å². The normalized spacial score (nSPS) is 10.6. The van der Waals surface area contributed by atoms with Crippen LogP contribution < -0.4 is 0 Å². The molecule has 0 aliphatic heterocycles. The van der Waals surface area contributed by atoms with Gasteiger partial charge in [-0.1, -0.05) is 5.16 Å². The summed E-state index contributed by atoms with van der Waals surface area (Å²) in [7, 11) is 1.56. The van der Waals surface area contributed by atoms with E-state index in [-0.39, 0.29) is 11.5 Å². The second kappa shape index (κ2) is 4.19. The Morgan fingerprint density at radius 3 is 3.06 bits per heavy atom. The zero-order valence-electron chi connectivity index (χ0n) is 8.47. The molecule has 0 bridgehead atoms. The van der Waals surface area contributed by atoms with E-state index in [1.165, 1.54) is 12.3 Å². The molecule has 84 valence electrons. The highest BCUT2D eigenvalue weighted by atomic mass is 16.5. The molecule has 2 aromatic rings. The Kier molecular flexibility index (Phi) is 2.74. The van der Waals surface area contributed by atoms with Gasteiger partial charge in [-0.25, -0.2) is 4.79 Å². The van der Waals surface area contributed by atoms with E-state index in [0.717, 1.165) is 5.56 Å². The molecule has 2 rings (SSSR count). The molecule has 0 unspecified atom stereocenters. The zero-order valence-corrected chi connectivity index (χ0v) is 8.47. The molecule has 0 saturated heterocycles. The van der Waals surface area contributed by atoms with Gasteiger partial charge in [0, 0.05) is 18.7 Å². The lowest BCUT2D eigenvalue weighted by atomic mass is 10.2. The Balaban J connectivity index is 2.34. The van der Waals surface area contributed by atoms with Crippen molar-refractivity contribution in [3.8, 4) is 11.5 Å². The summed E-state index contributed by atoms with van der Waals surface area (Å²) >= 11 is 0. The fourth-order valence-corrected chi connectivity index (χ4v) is 1.30. The van der Waals surface area contributed by atoms with Crippen molar-refractivity contribution in [1.82, 2.24) is 5.16 Å². The van der Waals surface area contributed by atoms with Crippen molar-refractivity contribution in [1.29, 1.82) is 0 Å². The van der Waals surface area contributed by atoms with E-state index >= 15 is 0 Å². The van der Waals surface area contributed by atoms with Gasteiger partial charge in [0.1, 0.15) is 0 Å². The Bertz CT molecular complexity index is 499. The summed E-state index contributed by atoms with van der Waals surface area (Å²) in [6.07, 6.45) is 1.48. The van der Waals surface area contributed by atoms with Crippen LogP contribution in [-0.4, -0.2) is 23.3 Å². The minimum atomic E-state index is -1.14.